The molecule has 0 saturated carbocycles. The Balaban J connectivity index is 1.84. The smallest absolute Gasteiger partial charge is 0.303 e. The highest BCUT2D eigenvalue weighted by molar-refractivity contribution is 8.00. The topological polar surface area (TPSA) is 40.5 Å². The largest absolute Gasteiger partial charge is 0.481 e. The molecule has 3 unspecified atom stereocenters. The quantitative estimate of drug-likeness (QED) is 0.824. The van der Waals surface area contributed by atoms with Crippen LogP contribution < -0.4 is 0 Å². The number of thioether (sulfide) groups is 1. The minimum absolute atomic E-state index is 0.353. The molecule has 0 radical (unpaired) electrons. The van der Waals surface area contributed by atoms with Gasteiger partial charge in [0.05, 0.1) is 0 Å². The number of aliphatic carboxylic acids is 1. The van der Waals surface area contributed by atoms with Gasteiger partial charge in [-0.15, -0.1) is 0 Å². The number of piperidine rings is 1. The van der Waals surface area contributed by atoms with Gasteiger partial charge in [-0.2, -0.15) is 11.8 Å². The van der Waals surface area contributed by atoms with E-state index < -0.39 is 5.97 Å². The Hall–Kier alpha value is -0.220. The van der Waals surface area contributed by atoms with Crippen LogP contribution in [0.2, 0.25) is 0 Å². The zero-order valence-corrected chi connectivity index (χ0v) is 10.7. The molecule has 2 aliphatic heterocycles. The molecule has 3 nitrogen and oxygen atoms in total. The van der Waals surface area contributed by atoms with Crippen LogP contribution in [-0.4, -0.2) is 46.1 Å². The predicted molar refractivity (Wildman–Crippen MR) is 66.9 cm³/mol. The summed E-state index contributed by atoms with van der Waals surface area (Å²) in [6, 6.07) is 0.705. The molecule has 2 saturated heterocycles. The van der Waals surface area contributed by atoms with Gasteiger partial charge in [0, 0.05) is 30.0 Å². The van der Waals surface area contributed by atoms with E-state index in [1.807, 2.05) is 0 Å². The van der Waals surface area contributed by atoms with Gasteiger partial charge in [0.1, 0.15) is 0 Å². The Morgan fingerprint density at radius 3 is 3.00 bits per heavy atom. The number of carbonyl (C=O) groups is 1. The van der Waals surface area contributed by atoms with Crippen LogP contribution in [0.5, 0.6) is 0 Å². The summed E-state index contributed by atoms with van der Waals surface area (Å²) in [5, 5.41) is 9.62. The highest BCUT2D eigenvalue weighted by Gasteiger charge is 2.31. The van der Waals surface area contributed by atoms with Gasteiger partial charge in [-0.1, -0.05) is 6.92 Å². The van der Waals surface area contributed by atoms with Gasteiger partial charge >= 0.3 is 5.97 Å². The van der Waals surface area contributed by atoms with Gasteiger partial charge in [-0.05, 0) is 31.7 Å². The standard InChI is InChI=1S/C12H21NO2S/c1-9-5-11(8-16-9)13-4-2-3-10(7-13)6-12(14)15/h9-11H,2-8H2,1H3,(H,14,15). The molecule has 2 heterocycles. The van der Waals surface area contributed by atoms with Crippen molar-refractivity contribution in [2.45, 2.75) is 43.9 Å². The highest BCUT2D eigenvalue weighted by atomic mass is 32.2. The number of rotatable bonds is 3. The van der Waals surface area contributed by atoms with E-state index in [1.54, 1.807) is 0 Å². The average molecular weight is 243 g/mol. The third kappa shape index (κ3) is 3.14. The first-order chi connectivity index (χ1) is 7.65. The summed E-state index contributed by atoms with van der Waals surface area (Å²) in [5.41, 5.74) is 0. The molecule has 2 rings (SSSR count). The Kier molecular flexibility index (Phi) is 4.14. The molecule has 3 atom stereocenters. The van der Waals surface area contributed by atoms with Crippen molar-refractivity contribution in [3.05, 3.63) is 0 Å². The van der Waals surface area contributed by atoms with E-state index in [-0.39, 0.29) is 0 Å². The summed E-state index contributed by atoms with van der Waals surface area (Å²) < 4.78 is 0. The van der Waals surface area contributed by atoms with Gasteiger partial charge < -0.3 is 5.11 Å². The summed E-state index contributed by atoms with van der Waals surface area (Å²) in [6.45, 7) is 4.47. The highest BCUT2D eigenvalue weighted by Crippen LogP contribution is 2.32. The van der Waals surface area contributed by atoms with Crippen LogP contribution in [0.25, 0.3) is 0 Å². The van der Waals surface area contributed by atoms with Crippen LogP contribution in [0.4, 0.5) is 0 Å². The summed E-state index contributed by atoms with van der Waals surface area (Å²) in [7, 11) is 0. The molecular weight excluding hydrogens is 222 g/mol. The van der Waals surface area contributed by atoms with Gasteiger partial charge in [0.2, 0.25) is 0 Å². The van der Waals surface area contributed by atoms with Crippen molar-refractivity contribution in [3.63, 3.8) is 0 Å². The fourth-order valence-corrected chi connectivity index (χ4v) is 4.15. The fourth-order valence-electron chi connectivity index (χ4n) is 2.89. The van der Waals surface area contributed by atoms with Gasteiger partial charge in [0.15, 0.2) is 0 Å². The van der Waals surface area contributed by atoms with Crippen LogP contribution in [0.3, 0.4) is 0 Å². The van der Waals surface area contributed by atoms with Crippen molar-refractivity contribution < 1.29 is 9.90 Å². The lowest BCUT2D eigenvalue weighted by molar-refractivity contribution is -0.138. The molecule has 2 aliphatic rings. The Labute approximate surface area is 102 Å². The predicted octanol–water partition coefficient (Wildman–Crippen LogP) is 2.07. The minimum atomic E-state index is -0.638. The molecule has 1 N–H and O–H groups in total. The van der Waals surface area contributed by atoms with Crippen LogP contribution in [-0.2, 0) is 4.79 Å². The maximum Gasteiger partial charge on any atom is 0.303 e. The van der Waals surface area contributed by atoms with Crippen molar-refractivity contribution in [3.8, 4) is 0 Å². The number of carboxylic acid groups (broad SMARTS) is 1. The second kappa shape index (κ2) is 5.41. The summed E-state index contributed by atoms with van der Waals surface area (Å²) in [4.78, 5) is 13.3. The maximum atomic E-state index is 10.7. The zero-order chi connectivity index (χ0) is 11.5. The minimum Gasteiger partial charge on any atom is -0.481 e. The number of carboxylic acids is 1. The van der Waals surface area contributed by atoms with Crippen molar-refractivity contribution in [1.82, 2.24) is 4.90 Å². The molecule has 0 bridgehead atoms. The number of hydrogen-bond donors (Lipinski definition) is 1. The monoisotopic (exact) mass is 243 g/mol. The van der Waals surface area contributed by atoms with Crippen LogP contribution in [0, 0.1) is 5.92 Å². The van der Waals surface area contributed by atoms with Crippen LogP contribution in [0.1, 0.15) is 32.6 Å². The van der Waals surface area contributed by atoms with Crippen molar-refractivity contribution in [2.75, 3.05) is 18.8 Å². The second-order valence-corrected chi connectivity index (χ2v) is 6.61. The SMILES string of the molecule is CC1CC(N2CCCC(CC(=O)O)C2)CS1. The first-order valence-corrected chi connectivity index (χ1v) is 7.27. The first kappa shape index (κ1) is 12.2. The summed E-state index contributed by atoms with van der Waals surface area (Å²) in [6.07, 6.45) is 3.90. The number of hydrogen-bond acceptors (Lipinski definition) is 3. The van der Waals surface area contributed by atoms with Crippen molar-refractivity contribution >= 4 is 17.7 Å². The second-order valence-electron chi connectivity index (χ2n) is 5.13. The van der Waals surface area contributed by atoms with Crippen LogP contribution in [0.15, 0.2) is 0 Å². The van der Waals surface area contributed by atoms with E-state index in [1.165, 1.54) is 25.1 Å². The first-order valence-electron chi connectivity index (χ1n) is 6.22. The molecule has 0 amide bonds. The van der Waals surface area contributed by atoms with E-state index in [9.17, 15) is 4.79 Å². The van der Waals surface area contributed by atoms with Gasteiger partial charge in [-0.3, -0.25) is 9.69 Å². The lowest BCUT2D eigenvalue weighted by Crippen LogP contribution is -2.43. The van der Waals surface area contributed by atoms with E-state index in [4.69, 9.17) is 5.11 Å². The molecule has 2 fully saturated rings. The third-order valence-corrected chi connectivity index (χ3v) is 5.05. The lowest BCUT2D eigenvalue weighted by atomic mass is 9.93. The van der Waals surface area contributed by atoms with E-state index in [0.717, 1.165) is 18.2 Å². The van der Waals surface area contributed by atoms with Gasteiger partial charge in [-0.25, -0.2) is 0 Å². The molecule has 0 aromatic carbocycles. The Morgan fingerprint density at radius 1 is 1.56 bits per heavy atom. The molecule has 0 aromatic heterocycles. The van der Waals surface area contributed by atoms with Crippen molar-refractivity contribution in [1.29, 1.82) is 0 Å². The molecule has 4 heteroatoms. The van der Waals surface area contributed by atoms with Gasteiger partial charge in [0.25, 0.3) is 0 Å². The Bertz CT molecular complexity index is 259. The number of likely N-dealkylation sites (tertiary alicyclic amines) is 1. The number of nitrogens with zero attached hydrogens (tertiary/aromatic N) is 1. The molecule has 0 aromatic rings. The van der Waals surface area contributed by atoms with E-state index in [2.05, 4.69) is 23.6 Å². The molecular formula is C12H21NO2S. The lowest BCUT2D eigenvalue weighted by Gasteiger charge is -2.36. The fraction of sp³-hybridized carbons (Fsp3) is 0.917. The normalized spacial score (nSPS) is 36.4. The molecule has 0 spiro atoms. The van der Waals surface area contributed by atoms with Crippen LogP contribution >= 0.6 is 11.8 Å². The summed E-state index contributed by atoms with van der Waals surface area (Å²) >= 11 is 2.06. The average Bonchev–Trinajstić information content (AvgIpc) is 2.64. The maximum absolute atomic E-state index is 10.7. The molecule has 92 valence electrons. The summed E-state index contributed by atoms with van der Waals surface area (Å²) in [5.74, 6) is 0.981. The zero-order valence-electron chi connectivity index (χ0n) is 9.89. The van der Waals surface area contributed by atoms with Crippen molar-refractivity contribution in [2.24, 2.45) is 5.92 Å². The third-order valence-electron chi connectivity index (χ3n) is 3.71. The molecule has 16 heavy (non-hydrogen) atoms. The van der Waals surface area contributed by atoms with E-state index in [0.29, 0.717) is 18.4 Å². The van der Waals surface area contributed by atoms with E-state index >= 15 is 0 Å². The molecule has 0 aliphatic carbocycles. The Morgan fingerprint density at radius 2 is 2.38 bits per heavy atom.